The van der Waals surface area contributed by atoms with Crippen molar-refractivity contribution in [1.82, 2.24) is 19.7 Å². The normalized spacial score (nSPS) is 15.6. The molecule has 28 heavy (non-hydrogen) atoms. The molecule has 0 aliphatic carbocycles. The number of H-pyrrole nitrogens is 1. The molecule has 1 aliphatic rings. The maximum absolute atomic E-state index is 6.02. The molecule has 0 amide bonds. The standard InChI is InChI=1S/C22H26N4OS/c1-25-20-8-13-28-22(20)21(24-25)19-14-16-6-7-17(15-18(16)23-19)27-12-5-11-26-9-3-2-4-10-26/h6-8,13-15,23H,2-5,9-12H2,1H3. The highest BCUT2D eigenvalue weighted by Crippen LogP contribution is 2.33. The van der Waals surface area contributed by atoms with Gasteiger partial charge in [-0.15, -0.1) is 11.3 Å². The number of likely N-dealkylation sites (tertiary alicyclic amines) is 1. The molecule has 5 rings (SSSR count). The number of hydrogen-bond donors (Lipinski definition) is 1. The number of fused-ring (bicyclic) bond motifs is 2. The quantitative estimate of drug-likeness (QED) is 0.466. The number of hydrogen-bond acceptors (Lipinski definition) is 4. The lowest BCUT2D eigenvalue weighted by molar-refractivity contribution is 0.205. The van der Waals surface area contributed by atoms with Gasteiger partial charge in [0.25, 0.3) is 0 Å². The lowest BCUT2D eigenvalue weighted by atomic mass is 10.1. The Morgan fingerprint density at radius 2 is 2.04 bits per heavy atom. The van der Waals surface area contributed by atoms with Crippen molar-refractivity contribution in [2.75, 3.05) is 26.2 Å². The van der Waals surface area contributed by atoms with Crippen LogP contribution in [0.15, 0.2) is 35.7 Å². The Labute approximate surface area is 168 Å². The third-order valence-electron chi connectivity index (χ3n) is 5.64. The summed E-state index contributed by atoms with van der Waals surface area (Å²) in [6, 6.07) is 10.6. The molecule has 5 nitrogen and oxygen atoms in total. The first-order chi connectivity index (χ1) is 13.8. The molecule has 1 aromatic carbocycles. The van der Waals surface area contributed by atoms with Crippen LogP contribution in [-0.2, 0) is 7.05 Å². The highest BCUT2D eigenvalue weighted by atomic mass is 32.1. The van der Waals surface area contributed by atoms with E-state index in [9.17, 15) is 0 Å². The van der Waals surface area contributed by atoms with E-state index in [0.717, 1.165) is 42.2 Å². The summed E-state index contributed by atoms with van der Waals surface area (Å²) in [7, 11) is 2.00. The number of benzene rings is 1. The van der Waals surface area contributed by atoms with Gasteiger partial charge in [0, 0.05) is 30.6 Å². The van der Waals surface area contributed by atoms with Crippen LogP contribution in [0.5, 0.6) is 5.75 Å². The molecule has 0 unspecified atom stereocenters. The van der Waals surface area contributed by atoms with Crippen LogP contribution < -0.4 is 4.74 Å². The van der Waals surface area contributed by atoms with Crippen LogP contribution in [0.3, 0.4) is 0 Å². The van der Waals surface area contributed by atoms with E-state index in [1.807, 2.05) is 11.7 Å². The number of aromatic amines is 1. The molecule has 1 fully saturated rings. The minimum Gasteiger partial charge on any atom is -0.493 e. The molecular formula is C22H26N4OS. The first-order valence-electron chi connectivity index (χ1n) is 10.2. The highest BCUT2D eigenvalue weighted by molar-refractivity contribution is 7.17. The molecule has 1 aliphatic heterocycles. The maximum Gasteiger partial charge on any atom is 0.126 e. The molecule has 6 heteroatoms. The van der Waals surface area contributed by atoms with Gasteiger partial charge in [-0.1, -0.05) is 6.42 Å². The predicted molar refractivity (Wildman–Crippen MR) is 116 cm³/mol. The number of thiophene rings is 1. The van der Waals surface area contributed by atoms with E-state index in [1.165, 1.54) is 48.0 Å². The third-order valence-corrected chi connectivity index (χ3v) is 6.55. The van der Waals surface area contributed by atoms with Gasteiger partial charge in [0.2, 0.25) is 0 Å². The molecule has 3 aromatic heterocycles. The monoisotopic (exact) mass is 394 g/mol. The molecular weight excluding hydrogens is 368 g/mol. The molecule has 146 valence electrons. The number of nitrogens with one attached hydrogen (secondary N) is 1. The molecule has 4 aromatic rings. The second-order valence-corrected chi connectivity index (χ2v) is 8.56. The van der Waals surface area contributed by atoms with Crippen molar-refractivity contribution in [1.29, 1.82) is 0 Å². The summed E-state index contributed by atoms with van der Waals surface area (Å²) in [6.45, 7) is 4.42. The van der Waals surface area contributed by atoms with Gasteiger partial charge in [-0.05, 0) is 62.0 Å². The summed E-state index contributed by atoms with van der Waals surface area (Å²) in [5.41, 5.74) is 4.35. The smallest absolute Gasteiger partial charge is 0.126 e. The van der Waals surface area contributed by atoms with Crippen molar-refractivity contribution in [3.63, 3.8) is 0 Å². The first-order valence-corrected chi connectivity index (χ1v) is 11.0. The van der Waals surface area contributed by atoms with Crippen LogP contribution in [0.1, 0.15) is 25.7 Å². The van der Waals surface area contributed by atoms with Crippen molar-refractivity contribution in [2.24, 2.45) is 7.05 Å². The zero-order valence-corrected chi connectivity index (χ0v) is 17.1. The zero-order valence-electron chi connectivity index (χ0n) is 16.3. The molecule has 1 saturated heterocycles. The lowest BCUT2D eigenvalue weighted by Gasteiger charge is -2.26. The summed E-state index contributed by atoms with van der Waals surface area (Å²) in [6.07, 6.45) is 5.17. The second kappa shape index (κ2) is 7.60. The number of aryl methyl sites for hydroxylation is 1. The van der Waals surface area contributed by atoms with Crippen molar-refractivity contribution in [2.45, 2.75) is 25.7 Å². The van der Waals surface area contributed by atoms with E-state index in [1.54, 1.807) is 11.3 Å². The van der Waals surface area contributed by atoms with E-state index in [-0.39, 0.29) is 0 Å². The van der Waals surface area contributed by atoms with Crippen LogP contribution >= 0.6 is 11.3 Å². The number of aromatic nitrogens is 3. The Morgan fingerprint density at radius 1 is 1.14 bits per heavy atom. The van der Waals surface area contributed by atoms with Crippen LogP contribution in [0.2, 0.25) is 0 Å². The molecule has 0 atom stereocenters. The van der Waals surface area contributed by atoms with Gasteiger partial charge in [0.15, 0.2) is 0 Å². The SMILES string of the molecule is Cn1nc(-c2cc3ccc(OCCCN4CCCCC4)cc3[nH]2)c2sccc21. The molecule has 4 heterocycles. The third kappa shape index (κ3) is 3.42. The summed E-state index contributed by atoms with van der Waals surface area (Å²) in [4.78, 5) is 6.09. The molecule has 0 bridgehead atoms. The van der Waals surface area contributed by atoms with Crippen LogP contribution in [-0.4, -0.2) is 45.9 Å². The Bertz CT molecular complexity index is 1090. The van der Waals surface area contributed by atoms with Gasteiger partial charge in [0.1, 0.15) is 11.4 Å². The van der Waals surface area contributed by atoms with Gasteiger partial charge < -0.3 is 14.6 Å². The average Bonchev–Trinajstić information content (AvgIpc) is 3.42. The van der Waals surface area contributed by atoms with Crippen LogP contribution in [0, 0.1) is 0 Å². The second-order valence-electron chi connectivity index (χ2n) is 7.64. The van der Waals surface area contributed by atoms with Gasteiger partial charge in [-0.2, -0.15) is 5.10 Å². The Kier molecular flexibility index (Phi) is 4.82. The van der Waals surface area contributed by atoms with Gasteiger partial charge >= 0.3 is 0 Å². The number of ether oxygens (including phenoxy) is 1. The highest BCUT2D eigenvalue weighted by Gasteiger charge is 2.14. The van der Waals surface area contributed by atoms with Crippen molar-refractivity contribution >= 4 is 32.5 Å². The van der Waals surface area contributed by atoms with Crippen LogP contribution in [0.4, 0.5) is 0 Å². The van der Waals surface area contributed by atoms with Crippen molar-refractivity contribution in [3.05, 3.63) is 35.7 Å². The Balaban J connectivity index is 1.28. The van der Waals surface area contributed by atoms with Gasteiger partial charge in [0.05, 0.1) is 22.5 Å². The summed E-state index contributed by atoms with van der Waals surface area (Å²) >= 11 is 1.74. The number of rotatable bonds is 6. The fourth-order valence-electron chi connectivity index (χ4n) is 4.14. The molecule has 1 N–H and O–H groups in total. The number of piperidine rings is 1. The summed E-state index contributed by atoms with van der Waals surface area (Å²) in [5.74, 6) is 0.932. The first kappa shape index (κ1) is 17.8. The molecule has 0 saturated carbocycles. The van der Waals surface area contributed by atoms with Gasteiger partial charge in [-0.25, -0.2) is 0 Å². The largest absolute Gasteiger partial charge is 0.493 e. The van der Waals surface area contributed by atoms with E-state index >= 15 is 0 Å². The van der Waals surface area contributed by atoms with Crippen LogP contribution in [0.25, 0.3) is 32.5 Å². The average molecular weight is 395 g/mol. The van der Waals surface area contributed by atoms with Crippen molar-refractivity contribution in [3.8, 4) is 17.1 Å². The predicted octanol–water partition coefficient (Wildman–Crippen LogP) is 5.04. The van der Waals surface area contributed by atoms with Crippen molar-refractivity contribution < 1.29 is 4.74 Å². The molecule has 0 spiro atoms. The Hall–Kier alpha value is -2.31. The number of nitrogens with zero attached hydrogens (tertiary/aromatic N) is 3. The summed E-state index contributed by atoms with van der Waals surface area (Å²) in [5, 5.41) is 8.01. The zero-order chi connectivity index (χ0) is 18.9. The topological polar surface area (TPSA) is 46.1 Å². The lowest BCUT2D eigenvalue weighted by Crippen LogP contribution is -2.31. The fraction of sp³-hybridized carbons (Fsp3) is 0.409. The van der Waals surface area contributed by atoms with E-state index in [0.29, 0.717) is 0 Å². The fourth-order valence-corrected chi connectivity index (χ4v) is 5.06. The minimum absolute atomic E-state index is 0.769. The summed E-state index contributed by atoms with van der Waals surface area (Å²) < 4.78 is 9.19. The minimum atomic E-state index is 0.769. The van der Waals surface area contributed by atoms with E-state index in [4.69, 9.17) is 9.84 Å². The van der Waals surface area contributed by atoms with Gasteiger partial charge in [-0.3, -0.25) is 4.68 Å². The van der Waals surface area contributed by atoms with E-state index < -0.39 is 0 Å². The maximum atomic E-state index is 6.02. The van der Waals surface area contributed by atoms with E-state index in [2.05, 4.69) is 45.6 Å². The Morgan fingerprint density at radius 3 is 2.93 bits per heavy atom. The molecule has 0 radical (unpaired) electrons.